The molecule has 0 unspecified atom stereocenters. The van der Waals surface area contributed by atoms with E-state index in [9.17, 15) is 4.79 Å². The van der Waals surface area contributed by atoms with Crippen LogP contribution in [-0.2, 0) is 4.79 Å². The van der Waals surface area contributed by atoms with Crippen molar-refractivity contribution in [3.63, 3.8) is 0 Å². The van der Waals surface area contributed by atoms with E-state index in [2.05, 4.69) is 10.5 Å². The second kappa shape index (κ2) is 5.36. The summed E-state index contributed by atoms with van der Waals surface area (Å²) in [5, 5.41) is 3.61. The minimum atomic E-state index is -0.280. The van der Waals surface area contributed by atoms with Gasteiger partial charge in [0.1, 0.15) is 5.75 Å². The van der Waals surface area contributed by atoms with Crippen molar-refractivity contribution in [1.29, 1.82) is 0 Å². The maximum absolute atomic E-state index is 10.7. The number of ether oxygens (including phenoxy) is 1. The van der Waals surface area contributed by atoms with Crippen molar-refractivity contribution >= 4 is 28.2 Å². The minimum absolute atomic E-state index is 0.0779. The fourth-order valence-corrected chi connectivity index (χ4v) is 0.900. The lowest BCUT2D eigenvalue weighted by Gasteiger charge is -2.02. The third-order valence-corrected chi connectivity index (χ3v) is 2.01. The summed E-state index contributed by atoms with van der Waals surface area (Å²) in [6.45, 7) is 1.35. The highest BCUT2D eigenvalue weighted by Gasteiger charge is 2.00. The Morgan fingerprint density at radius 2 is 2.00 bits per heavy atom. The topological polar surface area (TPSA) is 50.7 Å². The molecule has 0 aromatic heterocycles. The molecular formula is C10H11ClN2O2. The third-order valence-electron chi connectivity index (χ3n) is 1.66. The number of ketones is 1. The quantitative estimate of drug-likeness (QED) is 0.633. The van der Waals surface area contributed by atoms with Gasteiger partial charge in [-0.05, 0) is 24.3 Å². The zero-order valence-electron chi connectivity index (χ0n) is 8.45. The molecule has 0 spiro atoms. The van der Waals surface area contributed by atoms with Crippen LogP contribution >= 0.6 is 11.6 Å². The molecule has 0 bridgehead atoms. The maximum atomic E-state index is 10.7. The summed E-state index contributed by atoms with van der Waals surface area (Å²) in [6.07, 6.45) is 0. The van der Waals surface area contributed by atoms with Gasteiger partial charge in [-0.3, -0.25) is 10.2 Å². The molecule has 0 aliphatic carbocycles. The van der Waals surface area contributed by atoms with E-state index in [1.807, 2.05) is 0 Å². The van der Waals surface area contributed by atoms with Crippen molar-refractivity contribution in [2.45, 2.75) is 6.92 Å². The third kappa shape index (κ3) is 3.59. The number of carbonyl (C=O) groups excluding carboxylic acids is 1. The van der Waals surface area contributed by atoms with Crippen molar-refractivity contribution in [2.75, 3.05) is 12.5 Å². The second-order valence-corrected chi connectivity index (χ2v) is 3.16. The number of benzene rings is 1. The predicted octanol–water partition coefficient (Wildman–Crippen LogP) is 2.25. The average molecular weight is 227 g/mol. The summed E-state index contributed by atoms with van der Waals surface area (Å²) in [6, 6.07) is 7.10. The first kappa shape index (κ1) is 11.5. The molecule has 0 radical (unpaired) electrons. The molecule has 0 heterocycles. The van der Waals surface area contributed by atoms with Gasteiger partial charge in [0.15, 0.2) is 11.0 Å². The first-order valence-electron chi connectivity index (χ1n) is 4.27. The van der Waals surface area contributed by atoms with Gasteiger partial charge in [-0.15, -0.1) is 0 Å². The average Bonchev–Trinajstić information content (AvgIpc) is 2.26. The first-order chi connectivity index (χ1) is 7.13. The van der Waals surface area contributed by atoms with E-state index in [1.165, 1.54) is 6.92 Å². The van der Waals surface area contributed by atoms with Gasteiger partial charge in [0, 0.05) is 6.92 Å². The van der Waals surface area contributed by atoms with Gasteiger partial charge >= 0.3 is 0 Å². The molecule has 0 saturated carbocycles. The number of anilines is 1. The van der Waals surface area contributed by atoms with Gasteiger partial charge in [-0.2, -0.15) is 5.10 Å². The fraction of sp³-hybridized carbons (Fsp3) is 0.200. The molecule has 15 heavy (non-hydrogen) atoms. The van der Waals surface area contributed by atoms with Crippen LogP contribution < -0.4 is 10.2 Å². The number of hydrazone groups is 1. The van der Waals surface area contributed by atoms with E-state index in [0.29, 0.717) is 0 Å². The minimum Gasteiger partial charge on any atom is -0.497 e. The molecule has 0 fully saturated rings. The van der Waals surface area contributed by atoms with Crippen LogP contribution in [0.15, 0.2) is 29.4 Å². The molecule has 0 amide bonds. The summed E-state index contributed by atoms with van der Waals surface area (Å²) in [4.78, 5) is 10.7. The van der Waals surface area contributed by atoms with Gasteiger partial charge in [0.2, 0.25) is 0 Å². The standard InChI is InChI=1S/C10H11ClN2O2/c1-7(14)10(11)13-12-8-3-5-9(15-2)6-4-8/h3-6,12H,1-2H3. The highest BCUT2D eigenvalue weighted by molar-refractivity contribution is 6.82. The Balaban J connectivity index is 2.66. The summed E-state index contributed by atoms with van der Waals surface area (Å²) < 4.78 is 4.99. The van der Waals surface area contributed by atoms with Crippen LogP contribution in [-0.4, -0.2) is 18.1 Å². The van der Waals surface area contributed by atoms with E-state index >= 15 is 0 Å². The summed E-state index contributed by atoms with van der Waals surface area (Å²) >= 11 is 5.54. The van der Waals surface area contributed by atoms with Crippen molar-refractivity contribution in [1.82, 2.24) is 0 Å². The van der Waals surface area contributed by atoms with Crippen LogP contribution in [0.25, 0.3) is 0 Å². The molecular weight excluding hydrogens is 216 g/mol. The van der Waals surface area contributed by atoms with Crippen molar-refractivity contribution in [2.24, 2.45) is 5.10 Å². The highest BCUT2D eigenvalue weighted by Crippen LogP contribution is 2.14. The van der Waals surface area contributed by atoms with Crippen LogP contribution in [0, 0.1) is 0 Å². The SMILES string of the molecule is COc1ccc(NN=C(Cl)C(C)=O)cc1. The Hall–Kier alpha value is -1.55. The van der Waals surface area contributed by atoms with Crippen LogP contribution in [0.5, 0.6) is 5.75 Å². The molecule has 5 heteroatoms. The number of nitrogens with zero attached hydrogens (tertiary/aromatic N) is 1. The van der Waals surface area contributed by atoms with E-state index in [4.69, 9.17) is 16.3 Å². The van der Waals surface area contributed by atoms with E-state index in [0.717, 1.165) is 11.4 Å². The number of hydrogen-bond donors (Lipinski definition) is 1. The van der Waals surface area contributed by atoms with Gasteiger partial charge in [0.05, 0.1) is 12.8 Å². The zero-order valence-corrected chi connectivity index (χ0v) is 9.21. The van der Waals surface area contributed by atoms with Crippen LogP contribution in [0.1, 0.15) is 6.92 Å². The van der Waals surface area contributed by atoms with Gasteiger partial charge in [-0.25, -0.2) is 0 Å². The Labute approximate surface area is 92.9 Å². The number of Topliss-reactive ketones (excluding diaryl/α,β-unsaturated/α-hetero) is 1. The van der Waals surface area contributed by atoms with Gasteiger partial charge < -0.3 is 4.74 Å². The molecule has 1 N–H and O–H groups in total. The van der Waals surface area contributed by atoms with E-state index in [1.54, 1.807) is 31.4 Å². The number of rotatable bonds is 4. The normalized spacial score (nSPS) is 11.0. The molecule has 0 aliphatic rings. The number of methoxy groups -OCH3 is 1. The molecule has 0 atom stereocenters. The largest absolute Gasteiger partial charge is 0.497 e. The summed E-state index contributed by atoms with van der Waals surface area (Å²) in [7, 11) is 1.59. The van der Waals surface area contributed by atoms with E-state index in [-0.39, 0.29) is 11.0 Å². The second-order valence-electron chi connectivity index (χ2n) is 2.80. The van der Waals surface area contributed by atoms with Crippen LogP contribution in [0.4, 0.5) is 5.69 Å². The summed E-state index contributed by atoms with van der Waals surface area (Å²) in [5.74, 6) is 0.472. The Morgan fingerprint density at radius 3 is 2.47 bits per heavy atom. The number of carbonyl (C=O) groups is 1. The molecule has 4 nitrogen and oxygen atoms in total. The molecule has 80 valence electrons. The lowest BCUT2D eigenvalue weighted by molar-refractivity contribution is -0.110. The van der Waals surface area contributed by atoms with Gasteiger partial charge in [0.25, 0.3) is 0 Å². The Morgan fingerprint density at radius 1 is 1.40 bits per heavy atom. The Bertz CT molecular complexity index is 374. The number of hydrogen-bond acceptors (Lipinski definition) is 4. The van der Waals surface area contributed by atoms with Crippen molar-refractivity contribution in [3.8, 4) is 5.75 Å². The zero-order chi connectivity index (χ0) is 11.3. The molecule has 1 aromatic carbocycles. The van der Waals surface area contributed by atoms with Crippen LogP contribution in [0.2, 0.25) is 0 Å². The maximum Gasteiger partial charge on any atom is 0.191 e. The first-order valence-corrected chi connectivity index (χ1v) is 4.65. The van der Waals surface area contributed by atoms with E-state index < -0.39 is 0 Å². The summed E-state index contributed by atoms with van der Waals surface area (Å²) in [5.41, 5.74) is 3.39. The highest BCUT2D eigenvalue weighted by atomic mass is 35.5. The molecule has 1 aromatic rings. The monoisotopic (exact) mass is 226 g/mol. The predicted molar refractivity (Wildman–Crippen MR) is 60.6 cm³/mol. The van der Waals surface area contributed by atoms with Crippen LogP contribution in [0.3, 0.4) is 0 Å². The number of nitrogens with one attached hydrogen (secondary N) is 1. The number of halogens is 1. The van der Waals surface area contributed by atoms with Crippen molar-refractivity contribution in [3.05, 3.63) is 24.3 Å². The Kier molecular flexibility index (Phi) is 4.12. The van der Waals surface area contributed by atoms with Gasteiger partial charge in [-0.1, -0.05) is 11.6 Å². The lowest BCUT2D eigenvalue weighted by atomic mass is 10.3. The smallest absolute Gasteiger partial charge is 0.191 e. The van der Waals surface area contributed by atoms with Crippen molar-refractivity contribution < 1.29 is 9.53 Å². The molecule has 0 aliphatic heterocycles. The fourth-order valence-electron chi connectivity index (χ4n) is 0.858. The lowest BCUT2D eigenvalue weighted by Crippen LogP contribution is -2.04. The molecule has 0 saturated heterocycles. The molecule has 1 rings (SSSR count).